The highest BCUT2D eigenvalue weighted by Crippen LogP contribution is 2.23. The van der Waals surface area contributed by atoms with Gasteiger partial charge in [-0.25, -0.2) is 0 Å². The molecule has 1 aromatic rings. The van der Waals surface area contributed by atoms with Gasteiger partial charge in [0, 0.05) is 12.4 Å². The molecule has 0 aromatic carbocycles. The molecule has 1 unspecified atom stereocenters. The molecule has 1 heterocycles. The van der Waals surface area contributed by atoms with E-state index >= 15 is 0 Å². The number of rotatable bonds is 4. The third-order valence-electron chi connectivity index (χ3n) is 2.16. The fourth-order valence-corrected chi connectivity index (χ4v) is 1.32. The van der Waals surface area contributed by atoms with Crippen molar-refractivity contribution in [2.24, 2.45) is 5.92 Å². The van der Waals surface area contributed by atoms with Crippen LogP contribution in [0.3, 0.4) is 0 Å². The van der Waals surface area contributed by atoms with E-state index < -0.39 is 18.0 Å². The number of aliphatic hydroxyl groups excluding tert-OH is 1. The molecule has 1 rings (SSSR count). The number of aromatic nitrogens is 1. The van der Waals surface area contributed by atoms with Crippen molar-refractivity contribution in [2.45, 2.75) is 19.4 Å². The number of carboxylic acid groups (broad SMARTS) is 1. The van der Waals surface area contributed by atoms with E-state index in [-0.39, 0.29) is 0 Å². The molecule has 0 saturated heterocycles. The minimum Gasteiger partial charge on any atom is -0.481 e. The van der Waals surface area contributed by atoms with E-state index in [1.165, 1.54) is 6.20 Å². The molecule has 0 fully saturated rings. The SMILES string of the molecule is CC[C@H](C(=O)O)C(O)c1cccnc1. The number of hydrogen-bond donors (Lipinski definition) is 2. The number of carbonyl (C=O) groups is 1. The summed E-state index contributed by atoms with van der Waals surface area (Å²) in [7, 11) is 0. The molecule has 2 atom stereocenters. The lowest BCUT2D eigenvalue weighted by Gasteiger charge is -2.17. The standard InChI is InChI=1S/C10H13NO3/c1-2-8(10(13)14)9(12)7-4-3-5-11-6-7/h3-6,8-9,12H,2H2,1H3,(H,13,14)/t8-,9?/m0/s1. The van der Waals surface area contributed by atoms with Gasteiger partial charge in [-0.15, -0.1) is 0 Å². The van der Waals surface area contributed by atoms with E-state index in [4.69, 9.17) is 5.11 Å². The maximum atomic E-state index is 10.8. The van der Waals surface area contributed by atoms with Crippen molar-refractivity contribution in [1.29, 1.82) is 0 Å². The molecule has 1 aromatic heterocycles. The molecule has 76 valence electrons. The lowest BCUT2D eigenvalue weighted by atomic mass is 9.95. The van der Waals surface area contributed by atoms with Crippen LogP contribution in [-0.2, 0) is 4.79 Å². The summed E-state index contributed by atoms with van der Waals surface area (Å²) in [6.45, 7) is 1.73. The molecule has 4 nitrogen and oxygen atoms in total. The van der Waals surface area contributed by atoms with Crippen LogP contribution in [0.1, 0.15) is 25.0 Å². The molecule has 0 saturated carbocycles. The first-order chi connectivity index (χ1) is 6.66. The van der Waals surface area contributed by atoms with Crippen LogP contribution in [0.4, 0.5) is 0 Å². The van der Waals surface area contributed by atoms with E-state index in [1.54, 1.807) is 25.3 Å². The van der Waals surface area contributed by atoms with E-state index in [0.29, 0.717) is 12.0 Å². The monoisotopic (exact) mass is 195 g/mol. The Morgan fingerprint density at radius 3 is 2.79 bits per heavy atom. The van der Waals surface area contributed by atoms with Crippen LogP contribution in [0.25, 0.3) is 0 Å². The van der Waals surface area contributed by atoms with Gasteiger partial charge in [0.2, 0.25) is 0 Å². The van der Waals surface area contributed by atoms with Gasteiger partial charge < -0.3 is 10.2 Å². The van der Waals surface area contributed by atoms with Crippen molar-refractivity contribution in [3.05, 3.63) is 30.1 Å². The molecule has 2 N–H and O–H groups in total. The first kappa shape index (κ1) is 10.7. The van der Waals surface area contributed by atoms with Gasteiger partial charge in [-0.3, -0.25) is 9.78 Å². The third kappa shape index (κ3) is 2.29. The number of aliphatic carboxylic acids is 1. The van der Waals surface area contributed by atoms with Crippen molar-refractivity contribution >= 4 is 5.97 Å². The lowest BCUT2D eigenvalue weighted by Crippen LogP contribution is -2.21. The van der Waals surface area contributed by atoms with Crippen molar-refractivity contribution in [2.75, 3.05) is 0 Å². The molecule has 0 aliphatic carbocycles. The van der Waals surface area contributed by atoms with Crippen LogP contribution in [-0.4, -0.2) is 21.2 Å². The van der Waals surface area contributed by atoms with Crippen LogP contribution in [0.2, 0.25) is 0 Å². The zero-order chi connectivity index (χ0) is 10.6. The summed E-state index contributed by atoms with van der Waals surface area (Å²) in [5.41, 5.74) is 0.543. The van der Waals surface area contributed by atoms with Gasteiger partial charge in [-0.05, 0) is 18.1 Å². The number of pyridine rings is 1. The Morgan fingerprint density at radius 1 is 1.64 bits per heavy atom. The summed E-state index contributed by atoms with van der Waals surface area (Å²) < 4.78 is 0. The Bertz CT molecular complexity index is 299. The molecule has 0 aliphatic heterocycles. The second kappa shape index (κ2) is 4.72. The van der Waals surface area contributed by atoms with Crippen molar-refractivity contribution < 1.29 is 15.0 Å². The quantitative estimate of drug-likeness (QED) is 0.758. The van der Waals surface area contributed by atoms with Crippen LogP contribution < -0.4 is 0 Å². The summed E-state index contributed by atoms with van der Waals surface area (Å²) >= 11 is 0. The van der Waals surface area contributed by atoms with Crippen LogP contribution in [0.5, 0.6) is 0 Å². The molecule has 0 aliphatic rings. The highest BCUT2D eigenvalue weighted by Gasteiger charge is 2.25. The normalized spacial score (nSPS) is 14.7. The summed E-state index contributed by atoms with van der Waals surface area (Å²) in [6, 6.07) is 3.34. The largest absolute Gasteiger partial charge is 0.481 e. The second-order valence-electron chi connectivity index (χ2n) is 3.08. The number of carboxylic acids is 1. The summed E-state index contributed by atoms with van der Waals surface area (Å²) in [5, 5.41) is 18.6. The van der Waals surface area contributed by atoms with E-state index in [9.17, 15) is 9.90 Å². The molecule has 0 radical (unpaired) electrons. The Kier molecular flexibility index (Phi) is 3.59. The predicted molar refractivity (Wildman–Crippen MR) is 50.6 cm³/mol. The van der Waals surface area contributed by atoms with Gasteiger partial charge >= 0.3 is 5.97 Å². The molecule has 14 heavy (non-hydrogen) atoms. The zero-order valence-electron chi connectivity index (χ0n) is 7.92. The molecule has 0 bridgehead atoms. The van der Waals surface area contributed by atoms with Crippen LogP contribution in [0.15, 0.2) is 24.5 Å². The highest BCUT2D eigenvalue weighted by molar-refractivity contribution is 5.70. The molecular formula is C10H13NO3. The van der Waals surface area contributed by atoms with Gasteiger partial charge in [0.1, 0.15) is 0 Å². The van der Waals surface area contributed by atoms with Crippen LogP contribution >= 0.6 is 0 Å². The van der Waals surface area contributed by atoms with E-state index in [1.807, 2.05) is 0 Å². The maximum absolute atomic E-state index is 10.8. The van der Waals surface area contributed by atoms with Gasteiger partial charge in [0.15, 0.2) is 0 Å². The Hall–Kier alpha value is -1.42. The van der Waals surface area contributed by atoms with E-state index in [2.05, 4.69) is 4.98 Å². The molecule has 0 spiro atoms. The lowest BCUT2D eigenvalue weighted by molar-refractivity contribution is -0.146. The maximum Gasteiger partial charge on any atom is 0.309 e. The van der Waals surface area contributed by atoms with Gasteiger partial charge in [0.05, 0.1) is 12.0 Å². The molecule has 4 heteroatoms. The second-order valence-corrected chi connectivity index (χ2v) is 3.08. The van der Waals surface area contributed by atoms with Gasteiger partial charge in [-0.1, -0.05) is 13.0 Å². The third-order valence-corrected chi connectivity index (χ3v) is 2.16. The first-order valence-electron chi connectivity index (χ1n) is 4.47. The number of hydrogen-bond acceptors (Lipinski definition) is 3. The van der Waals surface area contributed by atoms with Crippen molar-refractivity contribution in [3.63, 3.8) is 0 Å². The van der Waals surface area contributed by atoms with Crippen molar-refractivity contribution in [3.8, 4) is 0 Å². The van der Waals surface area contributed by atoms with E-state index in [0.717, 1.165) is 0 Å². The zero-order valence-corrected chi connectivity index (χ0v) is 7.92. The molecule has 0 amide bonds. The van der Waals surface area contributed by atoms with Crippen LogP contribution in [0, 0.1) is 5.92 Å². The summed E-state index contributed by atoms with van der Waals surface area (Å²) in [4.78, 5) is 14.6. The molecular weight excluding hydrogens is 182 g/mol. The topological polar surface area (TPSA) is 70.4 Å². The number of aliphatic hydroxyl groups is 1. The smallest absolute Gasteiger partial charge is 0.309 e. The predicted octanol–water partition coefficient (Wildman–Crippen LogP) is 1.23. The highest BCUT2D eigenvalue weighted by atomic mass is 16.4. The summed E-state index contributed by atoms with van der Waals surface area (Å²) in [6.07, 6.45) is 2.48. The van der Waals surface area contributed by atoms with Gasteiger partial charge in [-0.2, -0.15) is 0 Å². The van der Waals surface area contributed by atoms with Crippen molar-refractivity contribution in [1.82, 2.24) is 4.98 Å². The Morgan fingerprint density at radius 2 is 2.36 bits per heavy atom. The minimum absolute atomic E-state index is 0.394. The van der Waals surface area contributed by atoms with Gasteiger partial charge in [0.25, 0.3) is 0 Å². The first-order valence-corrected chi connectivity index (χ1v) is 4.47. The number of nitrogens with zero attached hydrogens (tertiary/aromatic N) is 1. The average Bonchev–Trinajstić information content (AvgIpc) is 2.19. The fraction of sp³-hybridized carbons (Fsp3) is 0.400. The summed E-state index contributed by atoms with van der Waals surface area (Å²) in [5.74, 6) is -1.75. The average molecular weight is 195 g/mol. The Balaban J connectivity index is 2.83. The fourth-order valence-electron chi connectivity index (χ4n) is 1.32. The Labute approximate surface area is 82.2 Å². The minimum atomic E-state index is -0.983.